The minimum absolute atomic E-state index is 0.155. The zero-order valence-electron chi connectivity index (χ0n) is 14.9. The molecule has 0 radical (unpaired) electrons. The molecule has 0 saturated carbocycles. The molecule has 3 aromatic rings. The molecule has 1 amide bonds. The summed E-state index contributed by atoms with van der Waals surface area (Å²) in [5.41, 5.74) is 6.44. The lowest BCUT2D eigenvalue weighted by Gasteiger charge is -2.13. The van der Waals surface area contributed by atoms with Crippen molar-refractivity contribution in [3.05, 3.63) is 64.0 Å². The van der Waals surface area contributed by atoms with Crippen molar-refractivity contribution in [3.8, 4) is 0 Å². The SMILES string of the molecule is Cc1cc([SH](=O)=O)ccc1Nc1ncc(Br)c(Nc2cccc(F)c2C(N)=O)n1. The summed E-state index contributed by atoms with van der Waals surface area (Å²) in [7, 11) is -2.68. The number of nitrogens with zero attached hydrogens (tertiary/aromatic N) is 2. The standard InChI is InChI=1S/C18H15BrFN5O3S/c1-9-7-10(29(27)28)5-6-13(9)24-18-22-8-11(19)17(25-18)23-14-4-2-3-12(20)15(14)16(21)26/h2-8,29H,1H3,(H2,21,26)(H2,22,23,24,25). The molecule has 0 atom stereocenters. The smallest absolute Gasteiger partial charge is 0.253 e. The maximum absolute atomic E-state index is 14.0. The highest BCUT2D eigenvalue weighted by Crippen LogP contribution is 2.28. The summed E-state index contributed by atoms with van der Waals surface area (Å²) in [6.07, 6.45) is 1.47. The van der Waals surface area contributed by atoms with Crippen molar-refractivity contribution >= 4 is 55.7 Å². The zero-order valence-corrected chi connectivity index (χ0v) is 17.4. The maximum atomic E-state index is 14.0. The molecule has 11 heteroatoms. The van der Waals surface area contributed by atoms with E-state index in [0.717, 1.165) is 6.07 Å². The lowest BCUT2D eigenvalue weighted by atomic mass is 10.1. The van der Waals surface area contributed by atoms with Crippen molar-refractivity contribution in [1.82, 2.24) is 9.97 Å². The number of nitrogens with two attached hydrogens (primary N) is 1. The predicted octanol–water partition coefficient (Wildman–Crippen LogP) is 3.24. The Bertz CT molecular complexity index is 1180. The Labute approximate surface area is 175 Å². The Hall–Kier alpha value is -3.05. The van der Waals surface area contributed by atoms with Crippen LogP contribution in [0.1, 0.15) is 15.9 Å². The fraction of sp³-hybridized carbons (Fsp3) is 0.0556. The van der Waals surface area contributed by atoms with Crippen LogP contribution >= 0.6 is 15.9 Å². The van der Waals surface area contributed by atoms with Gasteiger partial charge in [0.25, 0.3) is 5.91 Å². The highest BCUT2D eigenvalue weighted by molar-refractivity contribution is 9.10. The number of anilines is 4. The number of aryl methyl sites for hydroxylation is 1. The number of primary amides is 1. The number of rotatable bonds is 6. The number of amides is 1. The van der Waals surface area contributed by atoms with Crippen LogP contribution in [0.25, 0.3) is 0 Å². The van der Waals surface area contributed by atoms with Crippen LogP contribution in [0, 0.1) is 12.7 Å². The Morgan fingerprint density at radius 3 is 2.59 bits per heavy atom. The molecule has 8 nitrogen and oxygen atoms in total. The predicted molar refractivity (Wildman–Crippen MR) is 111 cm³/mol. The summed E-state index contributed by atoms with van der Waals surface area (Å²) < 4.78 is 36.6. The van der Waals surface area contributed by atoms with Crippen molar-refractivity contribution in [2.24, 2.45) is 5.73 Å². The van der Waals surface area contributed by atoms with Crippen molar-refractivity contribution in [3.63, 3.8) is 0 Å². The van der Waals surface area contributed by atoms with Gasteiger partial charge in [-0.25, -0.2) is 17.8 Å². The number of carbonyl (C=O) groups is 1. The quantitative estimate of drug-likeness (QED) is 0.399. The number of aromatic nitrogens is 2. The topological polar surface area (TPSA) is 127 Å². The van der Waals surface area contributed by atoms with Gasteiger partial charge < -0.3 is 16.4 Å². The van der Waals surface area contributed by atoms with Crippen LogP contribution in [0.5, 0.6) is 0 Å². The highest BCUT2D eigenvalue weighted by atomic mass is 79.9. The third-order valence-corrected chi connectivity index (χ3v) is 5.20. The van der Waals surface area contributed by atoms with Gasteiger partial charge in [0.1, 0.15) is 11.6 Å². The summed E-state index contributed by atoms with van der Waals surface area (Å²) in [6.45, 7) is 1.74. The van der Waals surface area contributed by atoms with Crippen LogP contribution in [0.2, 0.25) is 0 Å². The highest BCUT2D eigenvalue weighted by Gasteiger charge is 2.16. The lowest BCUT2D eigenvalue weighted by molar-refractivity contribution is 0.0997. The second-order valence-corrected chi connectivity index (χ2v) is 7.81. The molecule has 1 heterocycles. The van der Waals surface area contributed by atoms with Gasteiger partial charge in [0.15, 0.2) is 10.7 Å². The Balaban J connectivity index is 1.92. The van der Waals surface area contributed by atoms with Crippen molar-refractivity contribution < 1.29 is 17.6 Å². The molecule has 0 fully saturated rings. The average molecular weight is 480 g/mol. The lowest BCUT2D eigenvalue weighted by Crippen LogP contribution is -2.16. The van der Waals surface area contributed by atoms with Crippen molar-refractivity contribution in [2.75, 3.05) is 10.6 Å². The molecule has 150 valence electrons. The first-order valence-corrected chi connectivity index (χ1v) is 10.1. The molecule has 0 unspecified atom stereocenters. The van der Waals surface area contributed by atoms with Crippen LogP contribution in [0.4, 0.5) is 27.5 Å². The minimum atomic E-state index is -2.68. The van der Waals surface area contributed by atoms with E-state index in [0.29, 0.717) is 15.7 Å². The summed E-state index contributed by atoms with van der Waals surface area (Å²) in [6, 6.07) is 8.66. The first kappa shape index (κ1) is 20.7. The van der Waals surface area contributed by atoms with E-state index in [1.54, 1.807) is 13.0 Å². The third-order valence-electron chi connectivity index (χ3n) is 3.92. The first-order valence-electron chi connectivity index (χ1n) is 8.16. The number of nitrogens with one attached hydrogen (secondary N) is 2. The Kier molecular flexibility index (Phi) is 6.09. The summed E-state index contributed by atoms with van der Waals surface area (Å²) >= 11 is 3.30. The van der Waals surface area contributed by atoms with E-state index in [1.807, 2.05) is 0 Å². The summed E-state index contributed by atoms with van der Waals surface area (Å²) in [5.74, 6) is -1.19. The molecular formula is C18H15BrFN5O3S. The summed E-state index contributed by atoms with van der Waals surface area (Å²) in [5, 5.41) is 5.86. The molecule has 0 saturated heterocycles. The van der Waals surface area contributed by atoms with E-state index in [1.165, 1.54) is 30.5 Å². The van der Waals surface area contributed by atoms with E-state index in [4.69, 9.17) is 5.73 Å². The normalized spacial score (nSPS) is 10.8. The largest absolute Gasteiger partial charge is 0.365 e. The van der Waals surface area contributed by atoms with Gasteiger partial charge in [-0.2, -0.15) is 4.98 Å². The van der Waals surface area contributed by atoms with Crippen LogP contribution in [-0.2, 0) is 10.7 Å². The van der Waals surface area contributed by atoms with Gasteiger partial charge in [0, 0.05) is 11.9 Å². The third kappa shape index (κ3) is 4.69. The zero-order chi connectivity index (χ0) is 21.1. The molecular weight excluding hydrogens is 465 g/mol. The minimum Gasteiger partial charge on any atom is -0.365 e. The van der Waals surface area contributed by atoms with Crippen LogP contribution < -0.4 is 16.4 Å². The van der Waals surface area contributed by atoms with Gasteiger partial charge >= 0.3 is 0 Å². The molecule has 29 heavy (non-hydrogen) atoms. The van der Waals surface area contributed by atoms with Gasteiger partial charge in [-0.15, -0.1) is 0 Å². The van der Waals surface area contributed by atoms with Gasteiger partial charge in [0.2, 0.25) is 5.95 Å². The number of hydrogen-bond acceptors (Lipinski definition) is 7. The van der Waals surface area contributed by atoms with Crippen LogP contribution in [0.15, 0.2) is 52.0 Å². The van der Waals surface area contributed by atoms with Gasteiger partial charge in [-0.1, -0.05) is 6.07 Å². The van der Waals surface area contributed by atoms with Gasteiger partial charge in [0.05, 0.1) is 20.6 Å². The first-order chi connectivity index (χ1) is 13.8. The molecule has 0 aliphatic heterocycles. The van der Waals surface area contributed by atoms with Gasteiger partial charge in [-0.05, 0) is 58.7 Å². The number of carbonyl (C=O) groups excluding carboxylic acids is 1. The van der Waals surface area contributed by atoms with E-state index in [9.17, 15) is 17.6 Å². The number of hydrogen-bond donors (Lipinski definition) is 4. The Morgan fingerprint density at radius 1 is 1.17 bits per heavy atom. The summed E-state index contributed by atoms with van der Waals surface area (Å²) in [4.78, 5) is 20.3. The second-order valence-electron chi connectivity index (χ2n) is 5.92. The number of halogens is 2. The van der Waals surface area contributed by atoms with E-state index in [-0.39, 0.29) is 27.9 Å². The molecule has 0 aliphatic rings. The monoisotopic (exact) mass is 479 g/mol. The molecule has 4 N–H and O–H groups in total. The van der Waals surface area contributed by atoms with E-state index in [2.05, 4.69) is 36.5 Å². The number of thiol groups is 1. The van der Waals surface area contributed by atoms with Crippen molar-refractivity contribution in [1.29, 1.82) is 0 Å². The molecule has 0 bridgehead atoms. The fourth-order valence-electron chi connectivity index (χ4n) is 2.54. The van der Waals surface area contributed by atoms with E-state index >= 15 is 0 Å². The molecule has 3 rings (SSSR count). The van der Waals surface area contributed by atoms with E-state index < -0.39 is 22.4 Å². The average Bonchev–Trinajstić information content (AvgIpc) is 2.65. The van der Waals surface area contributed by atoms with Crippen molar-refractivity contribution in [2.45, 2.75) is 11.8 Å². The maximum Gasteiger partial charge on any atom is 0.253 e. The fourth-order valence-corrected chi connectivity index (χ4v) is 3.33. The van der Waals surface area contributed by atoms with Crippen LogP contribution in [0.3, 0.4) is 0 Å². The van der Waals surface area contributed by atoms with Gasteiger partial charge in [-0.3, -0.25) is 4.79 Å². The molecule has 0 spiro atoms. The molecule has 1 aromatic heterocycles. The molecule has 2 aromatic carbocycles. The molecule has 0 aliphatic carbocycles. The second kappa shape index (κ2) is 8.53. The van der Waals surface area contributed by atoms with Crippen LogP contribution in [-0.4, -0.2) is 24.3 Å². The Morgan fingerprint density at radius 2 is 1.93 bits per heavy atom. The number of benzene rings is 2.